The molecule has 0 unspecified atom stereocenters. The topological polar surface area (TPSA) is 46.6 Å². The summed E-state index contributed by atoms with van der Waals surface area (Å²) in [4.78, 5) is 27.0. The number of halogens is 4. The monoisotopic (exact) mass is 581 g/mol. The van der Waals surface area contributed by atoms with Gasteiger partial charge in [-0.3, -0.25) is 14.5 Å². The molecule has 4 rings (SSSR count). The van der Waals surface area contributed by atoms with Crippen LogP contribution in [0.3, 0.4) is 0 Å². The van der Waals surface area contributed by atoms with Crippen LogP contribution in [0.4, 0.5) is 4.79 Å². The molecule has 3 aromatic rings. The summed E-state index contributed by atoms with van der Waals surface area (Å²) in [5.74, 6) is 0.165. The van der Waals surface area contributed by atoms with Gasteiger partial charge in [0.05, 0.1) is 11.4 Å². The van der Waals surface area contributed by atoms with Crippen molar-refractivity contribution in [2.75, 3.05) is 0 Å². The van der Waals surface area contributed by atoms with E-state index in [1.807, 2.05) is 18.2 Å². The molecule has 1 aliphatic heterocycles. The van der Waals surface area contributed by atoms with E-state index >= 15 is 0 Å². The number of nitrogens with zero attached hydrogens (tertiary/aromatic N) is 1. The van der Waals surface area contributed by atoms with Crippen molar-refractivity contribution in [3.63, 3.8) is 0 Å². The van der Waals surface area contributed by atoms with Crippen LogP contribution in [0.25, 0.3) is 6.08 Å². The molecule has 0 radical (unpaired) electrons. The van der Waals surface area contributed by atoms with Crippen molar-refractivity contribution >= 4 is 79.7 Å². The molecule has 1 aliphatic rings. The van der Waals surface area contributed by atoms with Crippen LogP contribution in [0.5, 0.6) is 5.75 Å². The van der Waals surface area contributed by atoms with E-state index in [1.165, 1.54) is 4.90 Å². The number of benzene rings is 3. The maximum absolute atomic E-state index is 13.0. The molecule has 0 bridgehead atoms. The molecule has 9 heteroatoms. The minimum atomic E-state index is -0.378. The smallest absolute Gasteiger partial charge is 0.293 e. The SMILES string of the molecule is O=C1S/C(=C\c2cc(Br)ccc2OCc2ccc(Cl)cc2Cl)C(=O)N1Cc1ccccc1Cl. The highest BCUT2D eigenvalue weighted by atomic mass is 79.9. The van der Waals surface area contributed by atoms with Crippen molar-refractivity contribution in [2.24, 2.45) is 0 Å². The average Bonchev–Trinajstić information content (AvgIpc) is 3.03. The van der Waals surface area contributed by atoms with Crippen LogP contribution in [0.15, 0.2) is 70.0 Å². The third kappa shape index (κ3) is 5.76. The molecule has 0 N–H and O–H groups in total. The van der Waals surface area contributed by atoms with E-state index in [0.29, 0.717) is 36.8 Å². The fourth-order valence-corrected chi connectivity index (χ4v) is 5.00. The lowest BCUT2D eigenvalue weighted by Crippen LogP contribution is -2.27. The van der Waals surface area contributed by atoms with Crippen molar-refractivity contribution in [3.8, 4) is 5.75 Å². The molecule has 3 aromatic carbocycles. The molecule has 168 valence electrons. The second-order valence-corrected chi connectivity index (χ2v) is 10.2. The molecule has 0 aromatic heterocycles. The van der Waals surface area contributed by atoms with Crippen LogP contribution in [0.2, 0.25) is 15.1 Å². The maximum atomic E-state index is 13.0. The Bertz CT molecular complexity index is 1280. The van der Waals surface area contributed by atoms with Gasteiger partial charge in [0.2, 0.25) is 0 Å². The summed E-state index contributed by atoms with van der Waals surface area (Å²) in [5, 5.41) is 1.20. The van der Waals surface area contributed by atoms with E-state index in [4.69, 9.17) is 39.5 Å². The largest absolute Gasteiger partial charge is 0.488 e. The van der Waals surface area contributed by atoms with Gasteiger partial charge in [0.15, 0.2) is 0 Å². The number of thioether (sulfide) groups is 1. The van der Waals surface area contributed by atoms with Crippen LogP contribution < -0.4 is 4.74 Å². The number of hydrogen-bond acceptors (Lipinski definition) is 4. The normalized spacial score (nSPS) is 14.9. The molecule has 0 aliphatic carbocycles. The molecule has 1 fully saturated rings. The van der Waals surface area contributed by atoms with Crippen LogP contribution in [-0.4, -0.2) is 16.0 Å². The van der Waals surface area contributed by atoms with Crippen molar-refractivity contribution in [1.82, 2.24) is 4.90 Å². The summed E-state index contributed by atoms with van der Waals surface area (Å²) >= 11 is 22.7. The summed E-state index contributed by atoms with van der Waals surface area (Å²) in [5.41, 5.74) is 2.13. The number of carbonyl (C=O) groups is 2. The van der Waals surface area contributed by atoms with E-state index in [9.17, 15) is 9.59 Å². The van der Waals surface area contributed by atoms with E-state index < -0.39 is 0 Å². The molecule has 2 amide bonds. The number of carbonyl (C=O) groups excluding carboxylic acids is 2. The molecule has 1 heterocycles. The molecule has 0 spiro atoms. The van der Waals surface area contributed by atoms with E-state index in [1.54, 1.807) is 48.5 Å². The first kappa shape index (κ1) is 24.2. The lowest BCUT2D eigenvalue weighted by Gasteiger charge is -2.13. The zero-order valence-corrected chi connectivity index (χ0v) is 21.5. The van der Waals surface area contributed by atoms with Crippen molar-refractivity contribution in [3.05, 3.63) is 102 Å². The van der Waals surface area contributed by atoms with Gasteiger partial charge < -0.3 is 4.74 Å². The highest BCUT2D eigenvalue weighted by molar-refractivity contribution is 9.10. The molecular weight excluding hydrogens is 569 g/mol. The average molecular weight is 584 g/mol. The number of rotatable bonds is 6. The molecule has 33 heavy (non-hydrogen) atoms. The fraction of sp³-hybridized carbons (Fsp3) is 0.0833. The van der Waals surface area contributed by atoms with Gasteiger partial charge in [-0.2, -0.15) is 0 Å². The summed E-state index contributed by atoms with van der Waals surface area (Å²) in [6.45, 7) is 0.324. The number of imide groups is 1. The lowest BCUT2D eigenvalue weighted by molar-refractivity contribution is -0.123. The van der Waals surface area contributed by atoms with Gasteiger partial charge in [-0.05, 0) is 59.8 Å². The highest BCUT2D eigenvalue weighted by Crippen LogP contribution is 2.36. The Morgan fingerprint density at radius 3 is 2.48 bits per heavy atom. The summed E-state index contributed by atoms with van der Waals surface area (Å²) in [6.07, 6.45) is 1.65. The predicted octanol–water partition coefficient (Wildman–Crippen LogP) is 8.22. The second-order valence-electron chi connectivity index (χ2n) is 7.07. The minimum absolute atomic E-state index is 0.110. The number of hydrogen-bond donors (Lipinski definition) is 0. The molecule has 4 nitrogen and oxygen atoms in total. The zero-order valence-electron chi connectivity index (χ0n) is 16.9. The first-order valence-electron chi connectivity index (χ1n) is 9.67. The first-order chi connectivity index (χ1) is 15.8. The molecule has 1 saturated heterocycles. The molecule has 0 atom stereocenters. The maximum Gasteiger partial charge on any atom is 0.293 e. The summed E-state index contributed by atoms with van der Waals surface area (Å²) < 4.78 is 6.79. The van der Waals surface area contributed by atoms with Crippen molar-refractivity contribution in [1.29, 1.82) is 0 Å². The Balaban J connectivity index is 1.57. The Morgan fingerprint density at radius 2 is 1.73 bits per heavy atom. The molecular formula is C24H15BrCl3NO3S. The third-order valence-corrected chi connectivity index (χ3v) is 7.17. The predicted molar refractivity (Wildman–Crippen MR) is 138 cm³/mol. The standard InChI is InChI=1S/C24H15BrCl3NO3S/c25-17-6-8-21(32-13-15-5-7-18(26)11-20(15)28)16(9-17)10-22-23(30)29(24(31)33-22)12-14-3-1-2-4-19(14)27/h1-11H,12-13H2/b22-10-. The van der Waals surface area contributed by atoms with Gasteiger partial charge in [-0.15, -0.1) is 0 Å². The van der Waals surface area contributed by atoms with Gasteiger partial charge >= 0.3 is 0 Å². The van der Waals surface area contributed by atoms with Crippen molar-refractivity contribution < 1.29 is 14.3 Å². The zero-order chi connectivity index (χ0) is 23.5. The number of ether oxygens (including phenoxy) is 1. The van der Waals surface area contributed by atoms with Gasteiger partial charge in [0.1, 0.15) is 12.4 Å². The van der Waals surface area contributed by atoms with Gasteiger partial charge in [0, 0.05) is 30.7 Å². The van der Waals surface area contributed by atoms with E-state index in [-0.39, 0.29) is 24.3 Å². The Kier molecular flexibility index (Phi) is 7.72. The summed E-state index contributed by atoms with van der Waals surface area (Å²) in [7, 11) is 0. The van der Waals surface area contributed by atoms with Crippen LogP contribution >= 0.6 is 62.5 Å². The first-order valence-corrected chi connectivity index (χ1v) is 12.4. The van der Waals surface area contributed by atoms with E-state index in [2.05, 4.69) is 15.9 Å². The summed E-state index contributed by atoms with van der Waals surface area (Å²) in [6, 6.07) is 17.8. The van der Waals surface area contributed by atoms with Crippen LogP contribution in [-0.2, 0) is 17.9 Å². The van der Waals surface area contributed by atoms with E-state index in [0.717, 1.165) is 21.8 Å². The Morgan fingerprint density at radius 1 is 0.939 bits per heavy atom. The Labute approximate surface area is 218 Å². The quantitative estimate of drug-likeness (QED) is 0.274. The second kappa shape index (κ2) is 10.5. The van der Waals surface area contributed by atoms with Gasteiger partial charge in [-0.1, -0.05) is 75.0 Å². The number of amides is 2. The van der Waals surface area contributed by atoms with Crippen LogP contribution in [0, 0.1) is 0 Å². The minimum Gasteiger partial charge on any atom is -0.488 e. The Hall–Kier alpha value is -1.96. The molecule has 0 saturated carbocycles. The van der Waals surface area contributed by atoms with Crippen LogP contribution in [0.1, 0.15) is 16.7 Å². The third-order valence-electron chi connectivity index (χ3n) is 4.82. The van der Waals surface area contributed by atoms with Gasteiger partial charge in [0.25, 0.3) is 11.1 Å². The van der Waals surface area contributed by atoms with Gasteiger partial charge in [-0.25, -0.2) is 0 Å². The van der Waals surface area contributed by atoms with Crippen molar-refractivity contribution in [2.45, 2.75) is 13.2 Å². The lowest BCUT2D eigenvalue weighted by atomic mass is 10.1. The highest BCUT2D eigenvalue weighted by Gasteiger charge is 2.35. The fourth-order valence-electron chi connectivity index (χ4n) is 3.13.